The Hall–Kier alpha value is -2.94. The van der Waals surface area contributed by atoms with Crippen molar-refractivity contribution in [1.82, 2.24) is 0 Å². The third kappa shape index (κ3) is 3.61. The highest BCUT2D eigenvalue weighted by Crippen LogP contribution is 2.29. The van der Waals surface area contributed by atoms with Gasteiger partial charge in [0.15, 0.2) is 0 Å². The molecule has 0 unspecified atom stereocenters. The summed E-state index contributed by atoms with van der Waals surface area (Å²) in [6, 6.07) is 3.56. The Kier molecular flexibility index (Phi) is 5.71. The summed E-state index contributed by atoms with van der Waals surface area (Å²) < 4.78 is 33.6. The highest BCUT2D eigenvalue weighted by Gasteiger charge is 2.33. The summed E-state index contributed by atoms with van der Waals surface area (Å²) in [5, 5.41) is 0. The lowest BCUT2D eigenvalue weighted by Crippen LogP contribution is -2.39. The zero-order valence-electron chi connectivity index (χ0n) is 13.8. The second-order valence-corrected chi connectivity index (χ2v) is 4.87. The number of halogens is 1. The number of hydrogen-bond donors (Lipinski definition) is 0. The number of carbonyl (C=O) groups is 3. The predicted octanol–water partition coefficient (Wildman–Crippen LogP) is 1.01. The van der Waals surface area contributed by atoms with Crippen LogP contribution in [0.5, 0.6) is 0 Å². The molecule has 0 aromatic heterocycles. The number of rotatable bonds is 4. The maximum atomic E-state index is 14.5. The summed E-state index contributed by atoms with van der Waals surface area (Å²) in [7, 11) is 3.46. The molecule has 134 valence electrons. The van der Waals surface area contributed by atoms with Crippen molar-refractivity contribution in [3.05, 3.63) is 40.8 Å². The van der Waals surface area contributed by atoms with Crippen molar-refractivity contribution < 1.29 is 37.7 Å². The van der Waals surface area contributed by atoms with E-state index in [1.807, 2.05) is 0 Å². The maximum absolute atomic E-state index is 14.5. The van der Waals surface area contributed by atoms with Crippen molar-refractivity contribution in [3.8, 4) is 0 Å². The quantitative estimate of drug-likeness (QED) is 0.585. The van der Waals surface area contributed by atoms with Gasteiger partial charge in [0.2, 0.25) is 0 Å². The third-order valence-electron chi connectivity index (χ3n) is 3.49. The van der Waals surface area contributed by atoms with Crippen molar-refractivity contribution in [2.24, 2.45) is 0 Å². The van der Waals surface area contributed by atoms with Gasteiger partial charge in [-0.1, -0.05) is 0 Å². The molecule has 2 rings (SSSR count). The number of carbonyl (C=O) groups excluding carboxylic acids is 3. The largest absolute Gasteiger partial charge is 0.466 e. The molecular formula is C16H16FNO7. The summed E-state index contributed by atoms with van der Waals surface area (Å²) in [4.78, 5) is 36.6. The average Bonchev–Trinajstić information content (AvgIpc) is 2.65. The first kappa shape index (κ1) is 18.4. The standard InChI is InChI=1S/C16H16FNO7/c1-22-14(19)9-4-5-12(11(17)6-9)18-8-25-7-10(15(20)23-2)13(18)16(21)24-3/h4-6H,7-8H2,1-3H3. The van der Waals surface area contributed by atoms with Crippen LogP contribution in [-0.2, 0) is 28.5 Å². The van der Waals surface area contributed by atoms with Gasteiger partial charge < -0.3 is 23.8 Å². The molecule has 25 heavy (non-hydrogen) atoms. The molecule has 0 amide bonds. The molecule has 0 saturated carbocycles. The molecule has 0 saturated heterocycles. The molecule has 1 aliphatic heterocycles. The molecule has 1 aromatic rings. The van der Waals surface area contributed by atoms with Crippen molar-refractivity contribution >= 4 is 23.6 Å². The Morgan fingerprint density at radius 1 is 1.04 bits per heavy atom. The second-order valence-electron chi connectivity index (χ2n) is 4.87. The number of benzene rings is 1. The second kappa shape index (κ2) is 7.75. The van der Waals surface area contributed by atoms with E-state index in [0.29, 0.717) is 0 Å². The molecule has 0 N–H and O–H groups in total. The number of hydrogen-bond acceptors (Lipinski definition) is 8. The van der Waals surface area contributed by atoms with Crippen LogP contribution in [0.4, 0.5) is 10.1 Å². The number of ether oxygens (including phenoxy) is 4. The summed E-state index contributed by atoms with van der Waals surface area (Å²) in [6.07, 6.45) is 0. The number of methoxy groups -OCH3 is 3. The van der Waals surface area contributed by atoms with Crippen LogP contribution in [0.15, 0.2) is 29.5 Å². The maximum Gasteiger partial charge on any atom is 0.355 e. The molecule has 0 fully saturated rings. The van der Waals surface area contributed by atoms with Crippen molar-refractivity contribution in [3.63, 3.8) is 0 Å². The van der Waals surface area contributed by atoms with E-state index >= 15 is 0 Å². The highest BCUT2D eigenvalue weighted by molar-refractivity contribution is 6.03. The number of anilines is 1. The van der Waals surface area contributed by atoms with Crippen LogP contribution in [0.3, 0.4) is 0 Å². The molecule has 0 aliphatic carbocycles. The molecule has 1 aliphatic rings. The highest BCUT2D eigenvalue weighted by atomic mass is 19.1. The van der Waals surface area contributed by atoms with Gasteiger partial charge in [0, 0.05) is 0 Å². The SMILES string of the molecule is COC(=O)C1=C(C(=O)OC)N(c2ccc(C(=O)OC)cc2F)COC1. The van der Waals surface area contributed by atoms with Crippen LogP contribution in [0.2, 0.25) is 0 Å². The van der Waals surface area contributed by atoms with Crippen molar-refractivity contribution in [1.29, 1.82) is 0 Å². The van der Waals surface area contributed by atoms with Gasteiger partial charge in [-0.15, -0.1) is 0 Å². The fourth-order valence-electron chi connectivity index (χ4n) is 2.30. The number of esters is 3. The Bertz CT molecular complexity index is 744. The smallest absolute Gasteiger partial charge is 0.355 e. The summed E-state index contributed by atoms with van der Waals surface area (Å²) >= 11 is 0. The monoisotopic (exact) mass is 353 g/mol. The molecule has 9 heteroatoms. The first-order valence-electron chi connectivity index (χ1n) is 7.07. The van der Waals surface area contributed by atoms with E-state index in [1.54, 1.807) is 0 Å². The summed E-state index contributed by atoms with van der Waals surface area (Å²) in [5.74, 6) is -3.16. The Balaban J connectivity index is 2.54. The topological polar surface area (TPSA) is 91.4 Å². The summed E-state index contributed by atoms with van der Waals surface area (Å²) in [6.45, 7) is -0.380. The van der Waals surface area contributed by atoms with Gasteiger partial charge in [-0.05, 0) is 18.2 Å². The summed E-state index contributed by atoms with van der Waals surface area (Å²) in [5.41, 5.74) is -0.366. The van der Waals surface area contributed by atoms with Gasteiger partial charge in [-0.25, -0.2) is 18.8 Å². The van der Waals surface area contributed by atoms with E-state index < -0.39 is 23.7 Å². The van der Waals surface area contributed by atoms with Gasteiger partial charge in [0.05, 0.1) is 44.8 Å². The first-order chi connectivity index (χ1) is 11.9. The number of nitrogens with zero attached hydrogens (tertiary/aromatic N) is 1. The predicted molar refractivity (Wildman–Crippen MR) is 82.1 cm³/mol. The molecule has 1 heterocycles. The van der Waals surface area contributed by atoms with Gasteiger partial charge in [-0.3, -0.25) is 0 Å². The van der Waals surface area contributed by atoms with E-state index in [-0.39, 0.29) is 35.9 Å². The van der Waals surface area contributed by atoms with Crippen LogP contribution < -0.4 is 4.90 Å². The van der Waals surface area contributed by atoms with E-state index in [9.17, 15) is 18.8 Å². The zero-order valence-corrected chi connectivity index (χ0v) is 13.8. The lowest BCUT2D eigenvalue weighted by atomic mass is 10.1. The van der Waals surface area contributed by atoms with Gasteiger partial charge in [0.1, 0.15) is 18.2 Å². The lowest BCUT2D eigenvalue weighted by Gasteiger charge is -2.31. The van der Waals surface area contributed by atoms with E-state index in [4.69, 9.17) is 4.74 Å². The van der Waals surface area contributed by atoms with Crippen LogP contribution in [-0.4, -0.2) is 52.6 Å². The van der Waals surface area contributed by atoms with Crippen LogP contribution in [0.1, 0.15) is 10.4 Å². The third-order valence-corrected chi connectivity index (χ3v) is 3.49. The molecule has 0 atom stereocenters. The minimum atomic E-state index is -0.847. The molecule has 0 spiro atoms. The minimum Gasteiger partial charge on any atom is -0.466 e. The Morgan fingerprint density at radius 3 is 2.24 bits per heavy atom. The normalized spacial score (nSPS) is 14.2. The molecule has 1 aromatic carbocycles. The Labute approximate surface area is 142 Å². The van der Waals surface area contributed by atoms with E-state index in [0.717, 1.165) is 25.2 Å². The van der Waals surface area contributed by atoms with Gasteiger partial charge >= 0.3 is 17.9 Å². The molecule has 0 bridgehead atoms. The fraction of sp³-hybridized carbons (Fsp3) is 0.312. The van der Waals surface area contributed by atoms with Crippen LogP contribution in [0.25, 0.3) is 0 Å². The van der Waals surface area contributed by atoms with Crippen molar-refractivity contribution in [2.75, 3.05) is 39.6 Å². The minimum absolute atomic E-state index is 0.00142. The fourth-order valence-corrected chi connectivity index (χ4v) is 2.30. The lowest BCUT2D eigenvalue weighted by molar-refractivity contribution is -0.140. The molecule has 8 nitrogen and oxygen atoms in total. The average molecular weight is 353 g/mol. The van der Waals surface area contributed by atoms with Crippen molar-refractivity contribution in [2.45, 2.75) is 0 Å². The van der Waals surface area contributed by atoms with Crippen LogP contribution in [0, 0.1) is 5.82 Å². The van der Waals surface area contributed by atoms with E-state index in [1.165, 1.54) is 19.2 Å². The van der Waals surface area contributed by atoms with Crippen LogP contribution >= 0.6 is 0 Å². The Morgan fingerprint density at radius 2 is 1.68 bits per heavy atom. The molecular weight excluding hydrogens is 337 g/mol. The van der Waals surface area contributed by atoms with E-state index in [2.05, 4.69) is 14.2 Å². The van der Waals surface area contributed by atoms with Gasteiger partial charge in [0.25, 0.3) is 0 Å². The zero-order chi connectivity index (χ0) is 18.6. The first-order valence-corrected chi connectivity index (χ1v) is 7.07. The van der Waals surface area contributed by atoms with Gasteiger partial charge in [-0.2, -0.15) is 0 Å². The molecule has 0 radical (unpaired) electrons.